The molecule has 30 heavy (non-hydrogen) atoms. The van der Waals surface area contributed by atoms with Crippen molar-refractivity contribution in [2.24, 2.45) is 11.1 Å². The van der Waals surface area contributed by atoms with E-state index in [2.05, 4.69) is 43.3 Å². The molecule has 2 aromatic carbocycles. The Morgan fingerprint density at radius 2 is 1.83 bits per heavy atom. The van der Waals surface area contributed by atoms with Gasteiger partial charge in [0.25, 0.3) is 0 Å². The summed E-state index contributed by atoms with van der Waals surface area (Å²) in [7, 11) is 3.07. The molecule has 1 saturated heterocycles. The van der Waals surface area contributed by atoms with Gasteiger partial charge in [0.15, 0.2) is 11.5 Å². The van der Waals surface area contributed by atoms with Crippen LogP contribution in [0.5, 0.6) is 11.5 Å². The molecule has 0 bridgehead atoms. The number of carbonyl (C=O) groups excluding carboxylic acids is 1. The summed E-state index contributed by atoms with van der Waals surface area (Å²) >= 11 is 0. The van der Waals surface area contributed by atoms with Crippen LogP contribution in [-0.4, -0.2) is 51.0 Å². The summed E-state index contributed by atoms with van der Waals surface area (Å²) < 4.78 is 16.9. The molecule has 0 saturated carbocycles. The number of fused-ring (bicyclic) bond motifs is 1. The van der Waals surface area contributed by atoms with Crippen molar-refractivity contribution < 1.29 is 19.0 Å². The molecule has 6 nitrogen and oxygen atoms in total. The molecule has 160 valence electrons. The lowest BCUT2D eigenvalue weighted by molar-refractivity contribution is 0.128. The summed E-state index contributed by atoms with van der Waals surface area (Å²) in [4.78, 5) is 13.9. The number of methoxy groups -OCH3 is 2. The first-order valence-corrected chi connectivity index (χ1v) is 10.4. The third-order valence-corrected chi connectivity index (χ3v) is 6.59. The van der Waals surface area contributed by atoms with Crippen LogP contribution in [0.2, 0.25) is 0 Å². The lowest BCUT2D eigenvalue weighted by Gasteiger charge is -2.29. The number of amides is 1. The minimum Gasteiger partial charge on any atom is -0.493 e. The number of rotatable bonds is 5. The molecule has 1 aliphatic carbocycles. The Balaban J connectivity index is 1.59. The van der Waals surface area contributed by atoms with Crippen molar-refractivity contribution in [2.75, 3.05) is 33.9 Å². The maximum Gasteiger partial charge on any atom is 0.409 e. The summed E-state index contributed by atoms with van der Waals surface area (Å²) in [6, 6.07) is 14.5. The highest BCUT2D eigenvalue weighted by atomic mass is 16.5. The molecule has 1 amide bonds. The molecule has 1 heterocycles. The zero-order chi connectivity index (χ0) is 21.3. The van der Waals surface area contributed by atoms with Gasteiger partial charge in [0.05, 0.1) is 14.2 Å². The van der Waals surface area contributed by atoms with E-state index in [-0.39, 0.29) is 23.5 Å². The third-order valence-electron chi connectivity index (χ3n) is 6.59. The summed E-state index contributed by atoms with van der Waals surface area (Å²) in [6.07, 6.45) is 1.56. The van der Waals surface area contributed by atoms with Gasteiger partial charge in [-0.2, -0.15) is 0 Å². The van der Waals surface area contributed by atoms with E-state index in [4.69, 9.17) is 19.9 Å². The largest absolute Gasteiger partial charge is 0.493 e. The number of nitrogens with two attached hydrogens (primary N) is 1. The van der Waals surface area contributed by atoms with Crippen molar-refractivity contribution in [3.05, 3.63) is 59.2 Å². The zero-order valence-corrected chi connectivity index (χ0v) is 17.9. The molecule has 2 aromatic rings. The molecule has 0 unspecified atom stereocenters. The number of likely N-dealkylation sites (tertiary alicyclic amines) is 1. The number of benzene rings is 2. The van der Waals surface area contributed by atoms with E-state index in [0.29, 0.717) is 25.4 Å². The second kappa shape index (κ2) is 8.19. The van der Waals surface area contributed by atoms with Crippen LogP contribution in [0.4, 0.5) is 4.79 Å². The Morgan fingerprint density at radius 3 is 2.43 bits per heavy atom. The molecule has 6 heteroatoms. The molecule has 0 spiro atoms. The van der Waals surface area contributed by atoms with Gasteiger partial charge in [-0.05, 0) is 28.8 Å². The lowest BCUT2D eigenvalue weighted by atomic mass is 9.76. The van der Waals surface area contributed by atoms with Gasteiger partial charge in [0, 0.05) is 43.8 Å². The Hall–Kier alpha value is -2.73. The second-order valence-corrected chi connectivity index (χ2v) is 8.59. The maximum atomic E-state index is 12.1. The fourth-order valence-corrected chi connectivity index (χ4v) is 4.82. The standard InChI is InChI=1S/C24H30N2O4/c1-24(14-25)15-26(23(27)29-3)13-20(24)18-8-9-21(28-2)22(12-18)30-19-10-16-6-4-5-7-17(16)11-19/h4-9,12,19-20H,10-11,13-15,25H2,1-3H3/t20-,24+/m0/s1. The first-order chi connectivity index (χ1) is 14.5. The average molecular weight is 411 g/mol. The minimum absolute atomic E-state index is 0.0857. The van der Waals surface area contributed by atoms with Gasteiger partial charge in [-0.25, -0.2) is 4.79 Å². The number of carbonyl (C=O) groups is 1. The molecular weight excluding hydrogens is 380 g/mol. The maximum absolute atomic E-state index is 12.1. The van der Waals surface area contributed by atoms with Gasteiger partial charge in [0.1, 0.15) is 6.10 Å². The summed E-state index contributed by atoms with van der Waals surface area (Å²) in [5.41, 5.74) is 9.70. The number of ether oxygens (including phenoxy) is 3. The molecular formula is C24H30N2O4. The number of hydrogen-bond acceptors (Lipinski definition) is 5. The van der Waals surface area contributed by atoms with Crippen LogP contribution in [0.1, 0.15) is 29.5 Å². The SMILES string of the molecule is COC(=O)N1C[C@@H](c2ccc(OC)c(OC3Cc4ccccc4C3)c2)[C@](C)(CN)C1. The normalized spacial score (nSPS) is 23.3. The van der Waals surface area contributed by atoms with Crippen molar-refractivity contribution in [3.63, 3.8) is 0 Å². The summed E-state index contributed by atoms with van der Waals surface area (Å²) in [5.74, 6) is 1.55. The molecule has 4 rings (SSSR count). The van der Waals surface area contributed by atoms with Crippen molar-refractivity contribution in [1.29, 1.82) is 0 Å². The molecule has 0 radical (unpaired) electrons. The van der Waals surface area contributed by atoms with Crippen molar-refractivity contribution in [1.82, 2.24) is 4.90 Å². The van der Waals surface area contributed by atoms with Crippen LogP contribution >= 0.6 is 0 Å². The molecule has 2 atom stereocenters. The molecule has 2 aliphatic rings. The van der Waals surface area contributed by atoms with Gasteiger partial charge in [0.2, 0.25) is 0 Å². The number of nitrogens with zero attached hydrogens (tertiary/aromatic N) is 1. The highest BCUT2D eigenvalue weighted by Gasteiger charge is 2.45. The molecule has 1 aliphatic heterocycles. The summed E-state index contributed by atoms with van der Waals surface area (Å²) in [5, 5.41) is 0. The van der Waals surface area contributed by atoms with E-state index in [9.17, 15) is 4.79 Å². The Kier molecular flexibility index (Phi) is 5.60. The van der Waals surface area contributed by atoms with E-state index >= 15 is 0 Å². The van der Waals surface area contributed by atoms with E-state index in [1.54, 1.807) is 12.0 Å². The molecule has 0 aromatic heterocycles. The van der Waals surface area contributed by atoms with Crippen LogP contribution < -0.4 is 15.2 Å². The van der Waals surface area contributed by atoms with Gasteiger partial charge in [-0.3, -0.25) is 0 Å². The third kappa shape index (κ3) is 3.72. The van der Waals surface area contributed by atoms with Gasteiger partial charge in [-0.1, -0.05) is 37.3 Å². The quantitative estimate of drug-likeness (QED) is 0.818. The van der Waals surface area contributed by atoms with E-state index in [1.807, 2.05) is 6.07 Å². The Morgan fingerprint density at radius 1 is 1.13 bits per heavy atom. The van der Waals surface area contributed by atoms with Crippen molar-refractivity contribution >= 4 is 6.09 Å². The average Bonchev–Trinajstić information content (AvgIpc) is 3.34. The zero-order valence-electron chi connectivity index (χ0n) is 17.9. The molecule has 1 fully saturated rings. The highest BCUT2D eigenvalue weighted by molar-refractivity contribution is 5.68. The fraction of sp³-hybridized carbons (Fsp3) is 0.458. The highest BCUT2D eigenvalue weighted by Crippen LogP contribution is 2.44. The van der Waals surface area contributed by atoms with Crippen molar-refractivity contribution in [3.8, 4) is 11.5 Å². The predicted molar refractivity (Wildman–Crippen MR) is 115 cm³/mol. The predicted octanol–water partition coefficient (Wildman–Crippen LogP) is 3.37. The smallest absolute Gasteiger partial charge is 0.409 e. The second-order valence-electron chi connectivity index (χ2n) is 8.59. The topological polar surface area (TPSA) is 74.0 Å². The van der Waals surface area contributed by atoms with Gasteiger partial charge >= 0.3 is 6.09 Å². The van der Waals surface area contributed by atoms with Gasteiger partial charge < -0.3 is 24.8 Å². The first kappa shape index (κ1) is 20.5. The Labute approximate surface area is 177 Å². The van der Waals surface area contributed by atoms with Gasteiger partial charge in [-0.15, -0.1) is 0 Å². The first-order valence-electron chi connectivity index (χ1n) is 10.4. The van der Waals surface area contributed by atoms with Crippen LogP contribution in [0.3, 0.4) is 0 Å². The van der Waals surface area contributed by atoms with Crippen LogP contribution in [0.15, 0.2) is 42.5 Å². The van der Waals surface area contributed by atoms with Crippen LogP contribution in [-0.2, 0) is 17.6 Å². The van der Waals surface area contributed by atoms with E-state index < -0.39 is 0 Å². The van der Waals surface area contributed by atoms with Crippen molar-refractivity contribution in [2.45, 2.75) is 31.8 Å². The monoisotopic (exact) mass is 410 g/mol. The van der Waals surface area contributed by atoms with Crippen LogP contribution in [0, 0.1) is 5.41 Å². The number of hydrogen-bond donors (Lipinski definition) is 1. The molecule has 2 N–H and O–H groups in total. The minimum atomic E-state index is -0.314. The lowest BCUT2D eigenvalue weighted by Crippen LogP contribution is -2.35. The fourth-order valence-electron chi connectivity index (χ4n) is 4.82. The summed E-state index contributed by atoms with van der Waals surface area (Å²) in [6.45, 7) is 3.74. The Bertz CT molecular complexity index is 906. The van der Waals surface area contributed by atoms with E-state index in [1.165, 1.54) is 18.2 Å². The van der Waals surface area contributed by atoms with Crippen LogP contribution in [0.25, 0.3) is 0 Å². The van der Waals surface area contributed by atoms with E-state index in [0.717, 1.165) is 24.2 Å².